The number of nitrogens with two attached hydrogens (primary N) is 2. The van der Waals surface area contributed by atoms with Gasteiger partial charge in [0.05, 0.1) is 11.9 Å². The Kier molecular flexibility index (Phi) is 10.7. The quantitative estimate of drug-likeness (QED) is 0.434. The number of carbonyl (C=O) groups excluding carboxylic acids is 3. The van der Waals surface area contributed by atoms with E-state index >= 15 is 0 Å². The van der Waals surface area contributed by atoms with Gasteiger partial charge in [-0.05, 0) is 55.8 Å². The molecule has 0 aliphatic heterocycles. The van der Waals surface area contributed by atoms with Gasteiger partial charge in [0, 0.05) is 29.3 Å². The predicted molar refractivity (Wildman–Crippen MR) is 91.5 cm³/mol. The molecule has 0 aliphatic carbocycles. The minimum atomic E-state index is -1.55. The van der Waals surface area contributed by atoms with Crippen LogP contribution in [0, 0.1) is 0 Å². The lowest BCUT2D eigenvalue weighted by Crippen LogP contribution is -2.23. The third-order valence-electron chi connectivity index (χ3n) is 2.82. The van der Waals surface area contributed by atoms with Crippen molar-refractivity contribution in [2.75, 3.05) is 13.2 Å². The number of hydrogen-bond acceptors (Lipinski definition) is 7. The molecule has 0 atom stereocenters. The standard InChI is InChI=1S/C11H13N3O.C4H4O4.C2H6O/c12-4-3-8-6-14-10-2-1-7(11(13)15)5-9(8)10;5-3(6)1-2-4(7)8;1-2-3/h1-2,5-6,14H,3-4,12H2,(H2,13,15);1-2H,(H,5,6)(H,7,8);3H,2H2,1H3/p-2. The van der Waals surface area contributed by atoms with E-state index in [2.05, 4.69) is 4.98 Å². The van der Waals surface area contributed by atoms with Gasteiger partial charge in [0.1, 0.15) is 0 Å². The van der Waals surface area contributed by atoms with E-state index < -0.39 is 17.8 Å². The van der Waals surface area contributed by atoms with Gasteiger partial charge in [-0.25, -0.2) is 0 Å². The van der Waals surface area contributed by atoms with Crippen LogP contribution in [0.15, 0.2) is 36.5 Å². The normalized spacial score (nSPS) is 9.81. The van der Waals surface area contributed by atoms with Crippen molar-refractivity contribution >= 4 is 28.7 Å². The van der Waals surface area contributed by atoms with Gasteiger partial charge in [0.25, 0.3) is 0 Å². The number of nitrogens with one attached hydrogen (secondary N) is 1. The lowest BCUT2D eigenvalue weighted by molar-refractivity contribution is -0.301. The molecule has 0 unspecified atom stereocenters. The Balaban J connectivity index is 0.000000483. The summed E-state index contributed by atoms with van der Waals surface area (Å²) in [5.74, 6) is -3.50. The van der Waals surface area contributed by atoms with Crippen LogP contribution in [0.25, 0.3) is 10.9 Å². The number of carbonyl (C=O) groups is 3. The summed E-state index contributed by atoms with van der Waals surface area (Å²) in [5, 5.41) is 27.4. The van der Waals surface area contributed by atoms with E-state index in [4.69, 9.17) is 16.6 Å². The molecular formula is C17H21N3O6-2. The zero-order valence-corrected chi connectivity index (χ0v) is 14.2. The van der Waals surface area contributed by atoms with Gasteiger partial charge < -0.3 is 41.4 Å². The van der Waals surface area contributed by atoms with Crippen LogP contribution in [-0.4, -0.2) is 41.1 Å². The summed E-state index contributed by atoms with van der Waals surface area (Å²) in [6.45, 7) is 2.52. The number of aromatic amines is 1. The minimum Gasteiger partial charge on any atom is -0.545 e. The molecule has 1 amide bonds. The maximum Gasteiger partial charge on any atom is 0.248 e. The lowest BCUT2D eigenvalue weighted by atomic mass is 10.1. The average molecular weight is 363 g/mol. The molecule has 0 bridgehead atoms. The first kappa shape index (κ1) is 22.8. The number of H-pyrrole nitrogens is 1. The fraction of sp³-hybridized carbons (Fsp3) is 0.235. The van der Waals surface area contributed by atoms with Crippen molar-refractivity contribution in [2.45, 2.75) is 13.3 Å². The Morgan fingerprint density at radius 3 is 2.15 bits per heavy atom. The zero-order chi connectivity index (χ0) is 20.1. The molecule has 0 saturated heterocycles. The third kappa shape index (κ3) is 8.62. The summed E-state index contributed by atoms with van der Waals surface area (Å²) in [6, 6.07) is 5.38. The molecule has 26 heavy (non-hydrogen) atoms. The SMILES string of the molecule is CCO.NCCc1c[nH]c2ccc(C(N)=O)cc12.O=C([O-])C=CC(=O)[O-]. The van der Waals surface area contributed by atoms with Crippen molar-refractivity contribution < 1.29 is 29.7 Å². The maximum absolute atomic E-state index is 11.0. The molecule has 9 heteroatoms. The van der Waals surface area contributed by atoms with Gasteiger partial charge in [0.15, 0.2) is 0 Å². The molecule has 0 fully saturated rings. The van der Waals surface area contributed by atoms with Crippen molar-refractivity contribution in [2.24, 2.45) is 11.5 Å². The van der Waals surface area contributed by atoms with Crippen molar-refractivity contribution in [3.05, 3.63) is 47.7 Å². The van der Waals surface area contributed by atoms with Crippen molar-refractivity contribution in [1.29, 1.82) is 0 Å². The molecule has 0 radical (unpaired) electrons. The molecule has 0 spiro atoms. The first-order chi connectivity index (χ1) is 12.3. The highest BCUT2D eigenvalue weighted by atomic mass is 16.4. The summed E-state index contributed by atoms with van der Waals surface area (Å²) in [6.07, 6.45) is 3.48. The summed E-state index contributed by atoms with van der Waals surface area (Å²) < 4.78 is 0. The van der Waals surface area contributed by atoms with Gasteiger partial charge in [-0.2, -0.15) is 0 Å². The fourth-order valence-corrected chi connectivity index (χ4v) is 1.83. The molecule has 1 aromatic carbocycles. The van der Waals surface area contributed by atoms with E-state index in [-0.39, 0.29) is 6.61 Å². The molecule has 6 N–H and O–H groups in total. The lowest BCUT2D eigenvalue weighted by Gasteiger charge is -1.98. The number of carboxylic acids is 2. The van der Waals surface area contributed by atoms with Gasteiger partial charge >= 0.3 is 0 Å². The van der Waals surface area contributed by atoms with Crippen molar-refractivity contribution in [3.8, 4) is 0 Å². The van der Waals surface area contributed by atoms with Gasteiger partial charge in [0.2, 0.25) is 5.91 Å². The van der Waals surface area contributed by atoms with Crippen LogP contribution in [0.1, 0.15) is 22.8 Å². The molecule has 2 rings (SSSR count). The number of aliphatic hydroxyl groups excluding tert-OH is 1. The van der Waals surface area contributed by atoms with Gasteiger partial charge in [-0.15, -0.1) is 0 Å². The summed E-state index contributed by atoms with van der Waals surface area (Å²) >= 11 is 0. The number of carboxylic acid groups (broad SMARTS) is 2. The van der Waals surface area contributed by atoms with Crippen LogP contribution in [0.5, 0.6) is 0 Å². The topological polar surface area (TPSA) is 185 Å². The van der Waals surface area contributed by atoms with Crippen LogP contribution >= 0.6 is 0 Å². The highest BCUT2D eigenvalue weighted by Gasteiger charge is 2.06. The Morgan fingerprint density at radius 2 is 1.73 bits per heavy atom. The van der Waals surface area contributed by atoms with Crippen molar-refractivity contribution in [1.82, 2.24) is 4.98 Å². The molecule has 2 aromatic rings. The van der Waals surface area contributed by atoms with Gasteiger partial charge in [-0.1, -0.05) is 0 Å². The third-order valence-corrected chi connectivity index (χ3v) is 2.82. The summed E-state index contributed by atoms with van der Waals surface area (Å²) in [7, 11) is 0. The molecule has 1 aromatic heterocycles. The number of fused-ring (bicyclic) bond motifs is 1. The van der Waals surface area contributed by atoms with Crippen LogP contribution < -0.4 is 21.7 Å². The molecule has 9 nitrogen and oxygen atoms in total. The van der Waals surface area contributed by atoms with Crippen molar-refractivity contribution in [3.63, 3.8) is 0 Å². The summed E-state index contributed by atoms with van der Waals surface area (Å²) in [4.78, 5) is 33.0. The maximum atomic E-state index is 11.0. The molecule has 0 aliphatic rings. The Morgan fingerprint density at radius 1 is 1.19 bits per heavy atom. The smallest absolute Gasteiger partial charge is 0.248 e. The van der Waals surface area contributed by atoms with Crippen LogP contribution in [0.4, 0.5) is 0 Å². The number of aliphatic hydroxyl groups is 1. The Hall–Kier alpha value is -3.17. The average Bonchev–Trinajstić information content (AvgIpc) is 2.97. The second-order valence-electron chi connectivity index (χ2n) is 4.76. The van der Waals surface area contributed by atoms with E-state index in [0.717, 1.165) is 22.9 Å². The Labute approximate surface area is 149 Å². The van der Waals surface area contributed by atoms with Crippen LogP contribution in [0.3, 0.4) is 0 Å². The highest BCUT2D eigenvalue weighted by Crippen LogP contribution is 2.19. The van der Waals surface area contributed by atoms with E-state index in [1.165, 1.54) is 0 Å². The van der Waals surface area contributed by atoms with E-state index in [0.29, 0.717) is 24.3 Å². The largest absolute Gasteiger partial charge is 0.545 e. The number of benzene rings is 1. The fourth-order valence-electron chi connectivity index (χ4n) is 1.83. The van der Waals surface area contributed by atoms with Crippen LogP contribution in [-0.2, 0) is 16.0 Å². The second-order valence-corrected chi connectivity index (χ2v) is 4.76. The molecule has 142 valence electrons. The zero-order valence-electron chi connectivity index (χ0n) is 14.2. The van der Waals surface area contributed by atoms with Crippen LogP contribution in [0.2, 0.25) is 0 Å². The predicted octanol–water partition coefficient (Wildman–Crippen LogP) is -2.19. The van der Waals surface area contributed by atoms with E-state index in [1.807, 2.05) is 12.3 Å². The molecular weight excluding hydrogens is 342 g/mol. The first-order valence-electron chi connectivity index (χ1n) is 7.57. The number of aromatic nitrogens is 1. The monoisotopic (exact) mass is 363 g/mol. The molecule has 1 heterocycles. The minimum absolute atomic E-state index is 0.250. The van der Waals surface area contributed by atoms with E-state index in [1.54, 1.807) is 19.1 Å². The number of rotatable bonds is 5. The number of aliphatic carboxylic acids is 2. The highest BCUT2D eigenvalue weighted by molar-refractivity contribution is 5.97. The second kappa shape index (κ2) is 12.2. The van der Waals surface area contributed by atoms with Gasteiger partial charge in [-0.3, -0.25) is 4.79 Å². The first-order valence-corrected chi connectivity index (χ1v) is 7.57. The molecule has 0 saturated carbocycles. The summed E-state index contributed by atoms with van der Waals surface area (Å²) in [5.41, 5.74) is 13.4. The van der Waals surface area contributed by atoms with E-state index in [9.17, 15) is 24.6 Å². The number of amides is 1. The number of primary amides is 1. The number of hydrogen-bond donors (Lipinski definition) is 4. The Bertz CT molecular complexity index is 751.